The molecular weight excluding hydrogens is 520 g/mol. The van der Waals surface area contributed by atoms with Gasteiger partial charge in [-0.1, -0.05) is 12.1 Å². The molecule has 3 aromatic rings. The van der Waals surface area contributed by atoms with E-state index >= 15 is 0 Å². The molecule has 2 aliphatic rings. The lowest BCUT2D eigenvalue weighted by Gasteiger charge is -2.56. The number of rotatable bonds is 6. The molecule has 3 unspecified atom stereocenters. The van der Waals surface area contributed by atoms with Crippen LogP contribution in [0.5, 0.6) is 5.75 Å². The predicted octanol–water partition coefficient (Wildman–Crippen LogP) is 6.66. The van der Waals surface area contributed by atoms with Crippen molar-refractivity contribution in [3.8, 4) is 5.75 Å². The number of fused-ring (bicyclic) bond motifs is 1. The lowest BCUT2D eigenvalue weighted by molar-refractivity contribution is -0.134. The third kappa shape index (κ3) is 5.47. The first-order valence-corrected chi connectivity index (χ1v) is 14.4. The Bertz CT molecular complexity index is 1430. The Labute approximate surface area is 242 Å². The van der Waals surface area contributed by atoms with E-state index in [2.05, 4.69) is 4.90 Å². The van der Waals surface area contributed by atoms with Crippen molar-refractivity contribution in [3.63, 3.8) is 0 Å². The quantitative estimate of drug-likeness (QED) is 0.311. The highest BCUT2D eigenvalue weighted by Crippen LogP contribution is 2.55. The van der Waals surface area contributed by atoms with E-state index in [9.17, 15) is 9.59 Å². The van der Waals surface area contributed by atoms with Gasteiger partial charge in [0.25, 0.3) is 0 Å². The molecule has 1 aromatic heterocycles. The summed E-state index contributed by atoms with van der Waals surface area (Å²) in [4.78, 5) is 27.7. The van der Waals surface area contributed by atoms with Crippen molar-refractivity contribution >= 4 is 23.0 Å². The highest BCUT2D eigenvalue weighted by Gasteiger charge is 2.51. The number of methoxy groups -OCH3 is 3. The molecule has 3 atom stereocenters. The number of hydrogen-bond acceptors (Lipinski definition) is 7. The van der Waals surface area contributed by atoms with Crippen LogP contribution in [-0.4, -0.2) is 61.1 Å². The van der Waals surface area contributed by atoms with Gasteiger partial charge in [-0.05, 0) is 101 Å². The predicted molar refractivity (Wildman–Crippen MR) is 157 cm³/mol. The summed E-state index contributed by atoms with van der Waals surface area (Å²) >= 11 is 0. The van der Waals surface area contributed by atoms with Gasteiger partial charge in [0, 0.05) is 36.8 Å². The fourth-order valence-corrected chi connectivity index (χ4v) is 6.75. The molecule has 1 aliphatic carbocycles. The molecule has 1 aliphatic heterocycles. The fraction of sp³-hybridized carbons (Fsp3) is 0.515. The van der Waals surface area contributed by atoms with Crippen LogP contribution in [0.4, 0.5) is 4.79 Å². The van der Waals surface area contributed by atoms with E-state index in [0.29, 0.717) is 12.1 Å². The van der Waals surface area contributed by atoms with Crippen LogP contribution in [0.25, 0.3) is 10.9 Å². The third-order valence-electron chi connectivity index (χ3n) is 8.93. The summed E-state index contributed by atoms with van der Waals surface area (Å²) in [6.45, 7) is 9.15. The maximum absolute atomic E-state index is 13.1. The Balaban J connectivity index is 1.53. The zero-order valence-corrected chi connectivity index (χ0v) is 25.3. The maximum atomic E-state index is 13.1. The lowest BCUT2D eigenvalue weighted by Crippen LogP contribution is -2.53. The van der Waals surface area contributed by atoms with E-state index in [1.807, 2.05) is 71.2 Å². The number of hydrogen-bond donors (Lipinski definition) is 0. The molecule has 1 spiro atoms. The van der Waals surface area contributed by atoms with E-state index < -0.39 is 11.7 Å². The number of ether oxygens (including phenoxy) is 4. The molecule has 41 heavy (non-hydrogen) atoms. The number of aromatic nitrogens is 1. The third-order valence-corrected chi connectivity index (χ3v) is 8.93. The molecule has 0 amide bonds. The molecule has 2 aromatic carbocycles. The van der Waals surface area contributed by atoms with Crippen LogP contribution in [0.15, 0.2) is 42.6 Å². The van der Waals surface area contributed by atoms with Gasteiger partial charge in [-0.3, -0.25) is 9.47 Å². The topological polar surface area (TPSA) is 79.2 Å². The zero-order valence-electron chi connectivity index (χ0n) is 25.3. The second-order valence-electron chi connectivity index (χ2n) is 12.5. The fourth-order valence-electron chi connectivity index (χ4n) is 6.75. The van der Waals surface area contributed by atoms with Gasteiger partial charge in [0.15, 0.2) is 0 Å². The molecule has 2 fully saturated rings. The molecule has 0 radical (unpaired) electrons. The van der Waals surface area contributed by atoms with Crippen LogP contribution in [0.1, 0.15) is 79.5 Å². The lowest BCUT2D eigenvalue weighted by atomic mass is 9.58. The van der Waals surface area contributed by atoms with E-state index in [0.717, 1.165) is 65.6 Å². The van der Waals surface area contributed by atoms with Crippen LogP contribution < -0.4 is 4.74 Å². The first-order valence-electron chi connectivity index (χ1n) is 14.4. The molecular formula is C33H42N2O6. The SMILES string of the molecule is COC(=O)c1ccc(C2CC3(CCC3OC)CCN2Cc2c(OC)cc(C)c3c2ccn3C(=O)OC(C)(C)C)cc1. The number of carbonyl (C=O) groups excluding carboxylic acids is 2. The molecule has 1 saturated carbocycles. The first kappa shape index (κ1) is 29.1. The Hall–Kier alpha value is -3.36. The normalized spacial score (nSPS) is 22.9. The van der Waals surface area contributed by atoms with Crippen molar-refractivity contribution in [3.05, 3.63) is 64.8 Å². The number of piperidine rings is 1. The number of carbonyl (C=O) groups is 2. The number of benzene rings is 2. The minimum Gasteiger partial charge on any atom is -0.496 e. The van der Waals surface area contributed by atoms with Crippen LogP contribution >= 0.6 is 0 Å². The van der Waals surface area contributed by atoms with E-state index in [1.165, 1.54) is 7.11 Å². The van der Waals surface area contributed by atoms with Crippen molar-refractivity contribution in [1.82, 2.24) is 9.47 Å². The molecule has 8 heteroatoms. The average molecular weight is 563 g/mol. The summed E-state index contributed by atoms with van der Waals surface area (Å²) in [7, 11) is 4.91. The van der Waals surface area contributed by atoms with Crippen molar-refractivity contribution in [1.29, 1.82) is 0 Å². The first-order chi connectivity index (χ1) is 19.5. The van der Waals surface area contributed by atoms with E-state index in [4.69, 9.17) is 18.9 Å². The maximum Gasteiger partial charge on any atom is 0.419 e. The standard InChI is InChI=1S/C33H42N2O6/c1-21-18-27(38-5)25(24-13-16-35(29(21)24)31(37)41-32(2,3)4)20-34-17-15-33(14-12-28(33)39-6)19-26(34)22-8-10-23(11-9-22)30(36)40-7/h8-11,13,16,18,26,28H,12,14-15,17,19-20H2,1-7H3. The van der Waals surface area contributed by atoms with Crippen molar-refractivity contribution in [2.45, 2.75) is 77.7 Å². The van der Waals surface area contributed by atoms with Crippen LogP contribution in [-0.2, 0) is 20.8 Å². The molecule has 5 rings (SSSR count). The molecule has 2 heterocycles. The molecule has 220 valence electrons. The van der Waals surface area contributed by atoms with Crippen molar-refractivity contribution in [2.75, 3.05) is 27.9 Å². The average Bonchev–Trinajstić information content (AvgIpc) is 3.39. The van der Waals surface area contributed by atoms with E-state index in [1.54, 1.807) is 17.9 Å². The molecule has 8 nitrogen and oxygen atoms in total. The summed E-state index contributed by atoms with van der Waals surface area (Å²) in [6, 6.07) is 11.9. The van der Waals surface area contributed by atoms with Crippen LogP contribution in [0.2, 0.25) is 0 Å². The highest BCUT2D eigenvalue weighted by atomic mass is 16.6. The summed E-state index contributed by atoms with van der Waals surface area (Å²) in [5.74, 6) is 0.462. The van der Waals surface area contributed by atoms with Gasteiger partial charge in [-0.15, -0.1) is 0 Å². The number of nitrogens with zero attached hydrogens (tertiary/aromatic N) is 2. The minimum atomic E-state index is -0.598. The molecule has 0 N–H and O–H groups in total. The monoisotopic (exact) mass is 562 g/mol. The van der Waals surface area contributed by atoms with Crippen molar-refractivity contribution in [2.24, 2.45) is 5.41 Å². The van der Waals surface area contributed by atoms with Crippen molar-refractivity contribution < 1.29 is 28.5 Å². The largest absolute Gasteiger partial charge is 0.496 e. The van der Waals surface area contributed by atoms with Gasteiger partial charge in [-0.25, -0.2) is 9.59 Å². The Kier molecular flexibility index (Phi) is 7.92. The van der Waals surface area contributed by atoms with Gasteiger partial charge >= 0.3 is 12.1 Å². The van der Waals surface area contributed by atoms with Gasteiger partial charge < -0.3 is 18.9 Å². The number of aryl methyl sites for hydroxylation is 1. The summed E-state index contributed by atoms with van der Waals surface area (Å²) in [5.41, 5.74) is 4.08. The second kappa shape index (κ2) is 11.1. The zero-order chi connectivity index (χ0) is 29.5. The van der Waals surface area contributed by atoms with E-state index in [-0.39, 0.29) is 23.5 Å². The van der Waals surface area contributed by atoms with Gasteiger partial charge in [-0.2, -0.15) is 0 Å². The Morgan fingerprint density at radius 1 is 1.05 bits per heavy atom. The smallest absolute Gasteiger partial charge is 0.419 e. The Morgan fingerprint density at radius 3 is 2.37 bits per heavy atom. The Morgan fingerprint density at radius 2 is 1.78 bits per heavy atom. The summed E-state index contributed by atoms with van der Waals surface area (Å²) in [5, 5.41) is 0.978. The van der Waals surface area contributed by atoms with Crippen LogP contribution in [0, 0.1) is 12.3 Å². The highest BCUT2D eigenvalue weighted by molar-refractivity contribution is 5.95. The summed E-state index contributed by atoms with van der Waals surface area (Å²) < 4.78 is 24.0. The molecule has 0 bridgehead atoms. The van der Waals surface area contributed by atoms with Gasteiger partial charge in [0.05, 0.1) is 31.4 Å². The molecule has 1 saturated heterocycles. The summed E-state index contributed by atoms with van der Waals surface area (Å²) in [6.07, 6.45) is 5.94. The van der Waals surface area contributed by atoms with Gasteiger partial charge in [0.2, 0.25) is 0 Å². The van der Waals surface area contributed by atoms with Gasteiger partial charge in [0.1, 0.15) is 11.4 Å². The van der Waals surface area contributed by atoms with Crippen LogP contribution in [0.3, 0.4) is 0 Å². The minimum absolute atomic E-state index is 0.127. The number of esters is 1. The second-order valence-corrected chi connectivity index (χ2v) is 12.5. The number of likely N-dealkylation sites (tertiary alicyclic amines) is 1.